The summed E-state index contributed by atoms with van der Waals surface area (Å²) in [4.78, 5) is 14.9. The average Bonchev–Trinajstić information content (AvgIpc) is 2.75. The van der Waals surface area contributed by atoms with Crippen LogP contribution in [0.2, 0.25) is 0 Å². The molecule has 1 aromatic rings. The third-order valence-electron chi connectivity index (χ3n) is 4.99. The molecule has 2 fully saturated rings. The number of ether oxygens (including phenoxy) is 1. The largest absolute Gasteiger partial charge is 0.462 e. The molecule has 0 saturated carbocycles. The monoisotopic (exact) mass is 290 g/mol. The van der Waals surface area contributed by atoms with E-state index < -0.39 is 5.92 Å². The van der Waals surface area contributed by atoms with Crippen molar-refractivity contribution in [1.29, 1.82) is 1.43 Å². The molecule has 0 aliphatic carbocycles. The maximum Gasteiger partial charge on any atom is 0.316 e. The zero-order valence-electron chi connectivity index (χ0n) is 13.4. The standard InChI is InChI=1S/C17H23NO3/c1-18-13-7-8-14(18)10-15(9-13)21-17(20)16(11-19)12-5-3-2-4-6-12/h2-6,13-16,19H,7-11H2,1H3/t13-,14?,15-,16?/m1/s1/i19D. The number of aliphatic hydroxyl groups is 1. The Morgan fingerprint density at radius 2 is 2.05 bits per heavy atom. The summed E-state index contributed by atoms with van der Waals surface area (Å²) in [5.41, 5.74) is 0.843. The van der Waals surface area contributed by atoms with Gasteiger partial charge >= 0.3 is 5.97 Å². The highest BCUT2D eigenvalue weighted by Gasteiger charge is 2.40. The Labute approximate surface area is 127 Å². The zero-order chi connectivity index (χ0) is 15.5. The van der Waals surface area contributed by atoms with Crippen molar-refractivity contribution < 1.29 is 14.6 Å². The highest BCUT2D eigenvalue weighted by atomic mass is 16.5. The Kier molecular flexibility index (Phi) is 3.90. The van der Waals surface area contributed by atoms with Crippen LogP contribution in [0.4, 0.5) is 0 Å². The number of fused-ring (bicyclic) bond motifs is 2. The predicted octanol–water partition coefficient (Wildman–Crippen LogP) is 1.93. The lowest BCUT2D eigenvalue weighted by molar-refractivity contribution is -0.155. The van der Waals surface area contributed by atoms with Gasteiger partial charge in [0, 0.05) is 12.1 Å². The number of benzene rings is 1. The van der Waals surface area contributed by atoms with Crippen molar-refractivity contribution in [2.24, 2.45) is 0 Å². The molecule has 0 spiro atoms. The smallest absolute Gasteiger partial charge is 0.316 e. The number of aliphatic hydroxyl groups excluding tert-OH is 1. The molecule has 2 heterocycles. The number of esters is 1. The first-order valence-electron chi connectivity index (χ1n) is 8.15. The molecule has 2 aliphatic heterocycles. The Balaban J connectivity index is 1.65. The molecular weight excluding hydrogens is 266 g/mol. The topological polar surface area (TPSA) is 49.8 Å². The van der Waals surface area contributed by atoms with Gasteiger partial charge in [-0.3, -0.25) is 4.79 Å². The molecule has 1 N–H and O–H groups in total. The third kappa shape index (κ3) is 2.97. The number of hydrogen-bond acceptors (Lipinski definition) is 4. The number of hydrogen-bond donors (Lipinski definition) is 1. The number of nitrogens with zero attached hydrogens (tertiary/aromatic N) is 1. The van der Waals surface area contributed by atoms with Crippen LogP contribution < -0.4 is 0 Å². The molecule has 2 bridgehead atoms. The molecule has 0 radical (unpaired) electrons. The van der Waals surface area contributed by atoms with Crippen LogP contribution in [0, 0.1) is 0 Å². The van der Waals surface area contributed by atoms with Gasteiger partial charge in [-0.15, -0.1) is 0 Å². The van der Waals surface area contributed by atoms with Crippen LogP contribution in [0.5, 0.6) is 0 Å². The first-order valence-corrected chi connectivity index (χ1v) is 7.74. The van der Waals surface area contributed by atoms with E-state index in [1.165, 1.54) is 12.8 Å². The molecule has 114 valence electrons. The van der Waals surface area contributed by atoms with Crippen molar-refractivity contribution in [3.8, 4) is 0 Å². The second kappa shape index (κ2) is 6.16. The van der Waals surface area contributed by atoms with Gasteiger partial charge in [0.2, 0.25) is 1.43 Å². The highest BCUT2D eigenvalue weighted by Crippen LogP contribution is 2.36. The number of rotatable bonds is 5. The minimum absolute atomic E-state index is 0.00172. The number of piperidine rings is 1. The van der Waals surface area contributed by atoms with E-state index in [1.54, 1.807) is 0 Å². The van der Waals surface area contributed by atoms with Gasteiger partial charge < -0.3 is 14.7 Å². The van der Waals surface area contributed by atoms with Gasteiger partial charge in [0.05, 0.1) is 6.61 Å². The molecule has 0 aromatic heterocycles. The van der Waals surface area contributed by atoms with Gasteiger partial charge in [-0.25, -0.2) is 0 Å². The predicted molar refractivity (Wildman–Crippen MR) is 80.0 cm³/mol. The van der Waals surface area contributed by atoms with Gasteiger partial charge in [0.15, 0.2) is 0 Å². The van der Waals surface area contributed by atoms with E-state index in [0.29, 0.717) is 12.1 Å². The maximum absolute atomic E-state index is 12.5. The summed E-state index contributed by atoms with van der Waals surface area (Å²) in [6.07, 6.45) is 4.24. The maximum atomic E-state index is 12.5. The van der Waals surface area contributed by atoms with E-state index >= 15 is 0 Å². The van der Waals surface area contributed by atoms with Crippen molar-refractivity contribution >= 4 is 5.97 Å². The minimum atomic E-state index is -0.518. The second-order valence-electron chi connectivity index (χ2n) is 6.21. The van der Waals surface area contributed by atoms with E-state index in [-0.39, 0.29) is 18.7 Å². The summed E-state index contributed by atoms with van der Waals surface area (Å²) in [7, 11) is 2.17. The van der Waals surface area contributed by atoms with Crippen molar-refractivity contribution in [1.82, 2.24) is 4.90 Å². The van der Waals surface area contributed by atoms with Gasteiger partial charge in [0.1, 0.15) is 12.0 Å². The molecule has 3 rings (SSSR count). The molecule has 2 unspecified atom stereocenters. The lowest BCUT2D eigenvalue weighted by Crippen LogP contribution is -2.43. The summed E-state index contributed by atoms with van der Waals surface area (Å²) in [5, 5.41) is 4.48. The van der Waals surface area contributed by atoms with E-state index in [1.807, 2.05) is 30.3 Å². The van der Waals surface area contributed by atoms with Crippen molar-refractivity contribution in [2.75, 3.05) is 13.7 Å². The van der Waals surface area contributed by atoms with Crippen molar-refractivity contribution in [3.05, 3.63) is 35.9 Å². The van der Waals surface area contributed by atoms with E-state index in [9.17, 15) is 4.79 Å². The summed E-state index contributed by atoms with van der Waals surface area (Å²) < 4.78 is 12.7. The quantitative estimate of drug-likeness (QED) is 0.842. The fraction of sp³-hybridized carbons (Fsp3) is 0.588. The van der Waals surface area contributed by atoms with Gasteiger partial charge in [-0.1, -0.05) is 30.3 Å². The van der Waals surface area contributed by atoms with Crippen LogP contribution in [0.25, 0.3) is 0 Å². The van der Waals surface area contributed by atoms with Crippen LogP contribution in [0.1, 0.15) is 37.2 Å². The molecule has 2 saturated heterocycles. The molecular formula is C17H23NO3. The number of carbonyl (C=O) groups excluding carboxylic acids is 1. The van der Waals surface area contributed by atoms with Crippen LogP contribution in [-0.2, 0) is 9.53 Å². The number of carbonyl (C=O) groups is 1. The average molecular weight is 290 g/mol. The summed E-state index contributed by atoms with van der Waals surface area (Å²) >= 11 is 0. The van der Waals surface area contributed by atoms with Gasteiger partial charge in [-0.05, 0) is 38.3 Å². The normalized spacial score (nSPS) is 30.7. The Morgan fingerprint density at radius 3 is 2.67 bits per heavy atom. The van der Waals surface area contributed by atoms with Crippen LogP contribution in [-0.4, -0.2) is 49.3 Å². The molecule has 1 aromatic carbocycles. The Morgan fingerprint density at radius 1 is 1.38 bits per heavy atom. The first-order chi connectivity index (χ1) is 10.7. The van der Waals surface area contributed by atoms with E-state index in [4.69, 9.17) is 6.17 Å². The SMILES string of the molecule is [2H]OCC(C(=O)O[C@H]1CC2CC[C@H](C1)N2C)c1ccccc1. The van der Waals surface area contributed by atoms with E-state index in [2.05, 4.69) is 17.1 Å². The highest BCUT2D eigenvalue weighted by molar-refractivity contribution is 5.78. The molecule has 2 aliphatic rings. The summed E-state index contributed by atoms with van der Waals surface area (Å²) in [5.74, 6) is -0.789. The summed E-state index contributed by atoms with van der Waals surface area (Å²) in [6, 6.07) is 10.5. The molecule has 4 heteroatoms. The lowest BCUT2D eigenvalue weighted by Gasteiger charge is -2.36. The van der Waals surface area contributed by atoms with Crippen LogP contribution in [0.15, 0.2) is 30.3 Å². The zero-order valence-corrected chi connectivity index (χ0v) is 12.4. The van der Waals surface area contributed by atoms with Gasteiger partial charge in [-0.2, -0.15) is 0 Å². The Hall–Kier alpha value is -1.39. The van der Waals surface area contributed by atoms with Crippen LogP contribution in [0.3, 0.4) is 0 Å². The summed E-state index contributed by atoms with van der Waals surface area (Å²) in [6.45, 7) is 0.0301. The second-order valence-corrected chi connectivity index (χ2v) is 6.21. The lowest BCUT2D eigenvalue weighted by atomic mass is 9.98. The van der Waals surface area contributed by atoms with Crippen molar-refractivity contribution in [2.45, 2.75) is 49.8 Å². The fourth-order valence-electron chi connectivity index (χ4n) is 3.69. The fourth-order valence-corrected chi connectivity index (χ4v) is 3.69. The molecule has 4 nitrogen and oxygen atoms in total. The van der Waals surface area contributed by atoms with Crippen molar-refractivity contribution in [3.63, 3.8) is 0 Å². The minimum Gasteiger partial charge on any atom is -0.462 e. The Bertz CT molecular complexity index is 496. The third-order valence-corrected chi connectivity index (χ3v) is 4.99. The van der Waals surface area contributed by atoms with E-state index in [0.717, 1.165) is 18.4 Å². The first kappa shape index (κ1) is 13.3. The molecule has 0 amide bonds. The molecule has 4 atom stereocenters. The van der Waals surface area contributed by atoms with Gasteiger partial charge in [0.25, 0.3) is 0 Å². The molecule has 21 heavy (non-hydrogen) atoms. The van der Waals surface area contributed by atoms with Crippen LogP contribution >= 0.6 is 0 Å².